The second kappa shape index (κ2) is 13.1. The number of rotatable bonds is 7. The summed E-state index contributed by atoms with van der Waals surface area (Å²) in [7, 11) is 0. The third-order valence-electron chi connectivity index (χ3n) is 7.36. The molecular formula is C32H29F3N6O3. The Balaban J connectivity index is 1.39. The molecule has 226 valence electrons. The third-order valence-corrected chi connectivity index (χ3v) is 7.36. The number of alkyl halides is 3. The van der Waals surface area contributed by atoms with Gasteiger partial charge in [-0.3, -0.25) is 14.5 Å². The van der Waals surface area contributed by atoms with Gasteiger partial charge in [0.05, 0.1) is 11.1 Å². The molecular weight excluding hydrogens is 573 g/mol. The second-order valence-corrected chi connectivity index (χ2v) is 10.2. The van der Waals surface area contributed by atoms with Crippen molar-refractivity contribution in [1.29, 1.82) is 0 Å². The van der Waals surface area contributed by atoms with Gasteiger partial charge in [0.15, 0.2) is 0 Å². The maximum atomic E-state index is 14.1. The summed E-state index contributed by atoms with van der Waals surface area (Å²) in [5.41, 5.74) is 5.90. The summed E-state index contributed by atoms with van der Waals surface area (Å²) < 4.78 is 47.1. The van der Waals surface area contributed by atoms with Crippen LogP contribution < -0.4 is 15.8 Å². The van der Waals surface area contributed by atoms with Gasteiger partial charge in [-0.2, -0.15) is 18.2 Å². The zero-order valence-electron chi connectivity index (χ0n) is 23.8. The Labute approximate surface area is 251 Å². The van der Waals surface area contributed by atoms with Crippen molar-refractivity contribution in [3.05, 3.63) is 88.6 Å². The highest BCUT2D eigenvalue weighted by molar-refractivity contribution is 6.04. The molecule has 0 radical (unpaired) electrons. The number of aromatic nitrogens is 2. The zero-order chi connectivity index (χ0) is 31.3. The summed E-state index contributed by atoms with van der Waals surface area (Å²) in [5, 5.41) is 4.01. The SMILES string of the molecule is CCN1CCN(Cc2ccc(C(=O)Nc3cc(C#Cc4cnc(N)c5ccccc45)cc(OC=O)n3)cc2C(F)(F)F)CC1. The predicted octanol–water partition coefficient (Wildman–Crippen LogP) is 4.56. The fraction of sp³-hybridized carbons (Fsp3) is 0.250. The molecule has 9 nitrogen and oxygen atoms in total. The minimum atomic E-state index is -4.66. The lowest BCUT2D eigenvalue weighted by Crippen LogP contribution is -2.45. The molecule has 2 aromatic heterocycles. The average molecular weight is 603 g/mol. The molecule has 1 amide bonds. The fourth-order valence-electron chi connectivity index (χ4n) is 5.02. The van der Waals surface area contributed by atoms with Crippen LogP contribution >= 0.6 is 0 Å². The zero-order valence-corrected chi connectivity index (χ0v) is 23.8. The molecule has 44 heavy (non-hydrogen) atoms. The summed E-state index contributed by atoms with van der Waals surface area (Å²) >= 11 is 0. The van der Waals surface area contributed by atoms with Gasteiger partial charge in [0.2, 0.25) is 5.88 Å². The number of hydrogen-bond acceptors (Lipinski definition) is 8. The molecule has 5 rings (SSSR count). The van der Waals surface area contributed by atoms with Crippen LogP contribution in [0.25, 0.3) is 10.8 Å². The van der Waals surface area contributed by atoms with Gasteiger partial charge in [-0.05, 0) is 30.3 Å². The highest BCUT2D eigenvalue weighted by atomic mass is 19.4. The van der Waals surface area contributed by atoms with E-state index in [0.29, 0.717) is 30.0 Å². The van der Waals surface area contributed by atoms with Gasteiger partial charge >= 0.3 is 6.18 Å². The van der Waals surface area contributed by atoms with E-state index >= 15 is 0 Å². The number of nitrogens with two attached hydrogens (primary N) is 1. The Morgan fingerprint density at radius 1 is 1.05 bits per heavy atom. The first-order chi connectivity index (χ1) is 21.1. The Hall–Kier alpha value is -4.99. The van der Waals surface area contributed by atoms with Crippen molar-refractivity contribution in [2.24, 2.45) is 0 Å². The summed E-state index contributed by atoms with van der Waals surface area (Å²) in [6.45, 7) is 6.15. The summed E-state index contributed by atoms with van der Waals surface area (Å²) in [5.74, 6) is 5.25. The number of nitrogens with one attached hydrogen (secondary N) is 1. The van der Waals surface area contributed by atoms with Crippen LogP contribution in [0, 0.1) is 11.8 Å². The first-order valence-corrected chi connectivity index (χ1v) is 13.9. The van der Waals surface area contributed by atoms with Crippen LogP contribution in [0.1, 0.15) is 39.5 Å². The van der Waals surface area contributed by atoms with Gasteiger partial charge < -0.3 is 20.7 Å². The van der Waals surface area contributed by atoms with Gasteiger partial charge in [0, 0.05) is 66.9 Å². The van der Waals surface area contributed by atoms with Crippen LogP contribution in [0.5, 0.6) is 5.88 Å². The van der Waals surface area contributed by atoms with E-state index in [0.717, 1.165) is 36.5 Å². The molecule has 1 aliphatic rings. The van der Waals surface area contributed by atoms with E-state index in [1.165, 1.54) is 30.5 Å². The van der Waals surface area contributed by atoms with Crippen LogP contribution in [0.4, 0.5) is 24.8 Å². The van der Waals surface area contributed by atoms with Crippen LogP contribution in [-0.4, -0.2) is 64.9 Å². The highest BCUT2D eigenvalue weighted by Crippen LogP contribution is 2.34. The molecule has 12 heteroatoms. The van der Waals surface area contributed by atoms with E-state index in [-0.39, 0.29) is 35.8 Å². The third kappa shape index (κ3) is 7.14. The molecule has 2 aromatic carbocycles. The van der Waals surface area contributed by atoms with Gasteiger partial charge in [0.25, 0.3) is 12.4 Å². The summed E-state index contributed by atoms with van der Waals surface area (Å²) in [4.78, 5) is 36.6. The lowest BCUT2D eigenvalue weighted by atomic mass is 10.0. The number of carbonyl (C=O) groups excluding carboxylic acids is 2. The molecule has 1 fully saturated rings. The molecule has 0 unspecified atom stereocenters. The summed E-state index contributed by atoms with van der Waals surface area (Å²) in [6, 6.07) is 13.7. The molecule has 1 aliphatic heterocycles. The van der Waals surface area contributed by atoms with E-state index in [2.05, 4.69) is 38.9 Å². The number of benzene rings is 2. The van der Waals surface area contributed by atoms with E-state index in [1.807, 2.05) is 29.2 Å². The lowest BCUT2D eigenvalue weighted by molar-refractivity contribution is -0.138. The van der Waals surface area contributed by atoms with E-state index in [9.17, 15) is 22.8 Å². The number of likely N-dealkylation sites (N-methyl/N-ethyl adjacent to an activating group) is 1. The number of fused-ring (bicyclic) bond motifs is 1. The molecule has 0 aliphatic carbocycles. The Bertz CT molecular complexity index is 1760. The molecule has 0 atom stereocenters. The number of anilines is 2. The van der Waals surface area contributed by atoms with Crippen LogP contribution in [0.3, 0.4) is 0 Å². The normalized spacial score (nSPS) is 14.1. The number of nitrogens with zero attached hydrogens (tertiary/aromatic N) is 4. The highest BCUT2D eigenvalue weighted by Gasteiger charge is 2.34. The van der Waals surface area contributed by atoms with Crippen molar-refractivity contribution in [2.75, 3.05) is 43.8 Å². The fourth-order valence-corrected chi connectivity index (χ4v) is 5.02. The number of piperazine rings is 1. The lowest BCUT2D eigenvalue weighted by Gasteiger charge is -2.34. The number of halogens is 3. The molecule has 0 bridgehead atoms. The Morgan fingerprint density at radius 2 is 1.77 bits per heavy atom. The number of nitrogen functional groups attached to an aromatic ring is 1. The molecule has 0 spiro atoms. The first-order valence-electron chi connectivity index (χ1n) is 13.9. The van der Waals surface area contributed by atoms with Gasteiger partial charge in [-0.1, -0.05) is 49.1 Å². The second-order valence-electron chi connectivity index (χ2n) is 10.2. The van der Waals surface area contributed by atoms with Crippen LogP contribution in [0.15, 0.2) is 60.8 Å². The molecule has 3 N–H and O–H groups in total. The molecule has 1 saturated heterocycles. The van der Waals surface area contributed by atoms with Crippen molar-refractivity contribution in [3.8, 4) is 17.7 Å². The van der Waals surface area contributed by atoms with Crippen molar-refractivity contribution in [1.82, 2.24) is 19.8 Å². The van der Waals surface area contributed by atoms with Crippen LogP contribution in [0.2, 0.25) is 0 Å². The standard InChI is InChI=1S/C32H29F3N6O3/c1-2-40-11-13-41(14-12-40)19-24-10-9-22(17-27(24)32(33,34)35)31(43)39-28-15-21(16-29(38-28)44-20-42)7-8-23-18-37-30(36)26-6-4-3-5-25(23)26/h3-6,9-10,15-18,20H,2,11-14,19H2,1H3,(H2,36,37)(H,38,39,43). The average Bonchev–Trinajstić information content (AvgIpc) is 3.01. The maximum Gasteiger partial charge on any atom is 0.416 e. The largest absolute Gasteiger partial charge is 0.416 e. The Morgan fingerprint density at radius 3 is 2.48 bits per heavy atom. The van der Waals surface area contributed by atoms with Crippen molar-refractivity contribution < 1.29 is 27.5 Å². The van der Waals surface area contributed by atoms with Crippen molar-refractivity contribution in [2.45, 2.75) is 19.6 Å². The van der Waals surface area contributed by atoms with Crippen molar-refractivity contribution >= 4 is 34.8 Å². The van der Waals surface area contributed by atoms with Gasteiger partial charge in [-0.15, -0.1) is 0 Å². The minimum Gasteiger partial charge on any atom is -0.410 e. The number of ether oxygens (including phenoxy) is 1. The van der Waals surface area contributed by atoms with E-state index in [1.54, 1.807) is 0 Å². The Kier molecular flexibility index (Phi) is 9.08. The molecule has 3 heterocycles. The number of hydrogen-bond donors (Lipinski definition) is 2. The molecule has 4 aromatic rings. The monoisotopic (exact) mass is 602 g/mol. The predicted molar refractivity (Wildman–Crippen MR) is 160 cm³/mol. The topological polar surface area (TPSA) is 114 Å². The van der Waals surface area contributed by atoms with Crippen molar-refractivity contribution in [3.63, 3.8) is 0 Å². The number of carbonyl (C=O) groups is 2. The number of amides is 1. The smallest absolute Gasteiger partial charge is 0.410 e. The van der Waals surface area contributed by atoms with E-state index < -0.39 is 17.6 Å². The van der Waals surface area contributed by atoms with Gasteiger partial charge in [0.1, 0.15) is 11.6 Å². The summed E-state index contributed by atoms with van der Waals surface area (Å²) in [6.07, 6.45) is -3.12. The minimum absolute atomic E-state index is 0.0645. The maximum absolute atomic E-state index is 14.1. The molecule has 0 saturated carbocycles. The quantitative estimate of drug-likeness (QED) is 0.234. The first kappa shape index (κ1) is 30.5. The number of pyridine rings is 2. The van der Waals surface area contributed by atoms with Gasteiger partial charge in [-0.25, -0.2) is 4.98 Å². The van der Waals surface area contributed by atoms with E-state index in [4.69, 9.17) is 10.5 Å². The van der Waals surface area contributed by atoms with Crippen LogP contribution in [-0.2, 0) is 17.5 Å².